The second kappa shape index (κ2) is 3.86. The van der Waals surface area contributed by atoms with E-state index in [1.54, 1.807) is 0 Å². The standard InChI is InChI=1S/C10H14N2O4/c1-16-10(15)7(11)2-3-12-8(13)5-4-6(5)9(12)14/h5-7H,2-4,11H2,1H3. The molecule has 1 heterocycles. The Kier molecular flexibility index (Phi) is 2.67. The summed E-state index contributed by atoms with van der Waals surface area (Å²) in [5.41, 5.74) is 5.52. The van der Waals surface area contributed by atoms with E-state index < -0.39 is 12.0 Å². The molecule has 0 spiro atoms. The summed E-state index contributed by atoms with van der Waals surface area (Å²) in [7, 11) is 1.25. The number of carbonyl (C=O) groups excluding carboxylic acids is 3. The van der Waals surface area contributed by atoms with Gasteiger partial charge in [-0.3, -0.25) is 19.3 Å². The first-order chi connectivity index (χ1) is 7.56. The first kappa shape index (κ1) is 11.1. The van der Waals surface area contributed by atoms with Crippen LogP contribution >= 0.6 is 0 Å². The fourth-order valence-electron chi connectivity index (χ4n) is 2.01. The van der Waals surface area contributed by atoms with E-state index in [9.17, 15) is 14.4 Å². The normalized spacial score (nSPS) is 29.0. The summed E-state index contributed by atoms with van der Waals surface area (Å²) in [5, 5.41) is 0. The number of hydrogen-bond donors (Lipinski definition) is 1. The van der Waals surface area contributed by atoms with Crippen LogP contribution in [0.3, 0.4) is 0 Å². The molecule has 2 aliphatic rings. The molecule has 0 aromatic heterocycles. The SMILES string of the molecule is COC(=O)C(N)CCN1C(=O)C2CC2C1=O. The van der Waals surface area contributed by atoms with Crippen molar-refractivity contribution in [1.82, 2.24) is 4.90 Å². The zero-order valence-corrected chi connectivity index (χ0v) is 9.01. The average molecular weight is 226 g/mol. The largest absolute Gasteiger partial charge is 0.468 e. The molecule has 0 aromatic rings. The predicted molar refractivity (Wildman–Crippen MR) is 52.9 cm³/mol. The number of hydrogen-bond acceptors (Lipinski definition) is 5. The van der Waals surface area contributed by atoms with Crippen LogP contribution in [-0.2, 0) is 19.1 Å². The Hall–Kier alpha value is -1.43. The quantitative estimate of drug-likeness (QED) is 0.484. The topological polar surface area (TPSA) is 89.7 Å². The van der Waals surface area contributed by atoms with Crippen molar-refractivity contribution in [3.05, 3.63) is 0 Å². The number of piperidine rings is 1. The Morgan fingerprint density at radius 1 is 1.50 bits per heavy atom. The molecule has 2 amide bonds. The summed E-state index contributed by atoms with van der Waals surface area (Å²) in [6.07, 6.45) is 0.945. The van der Waals surface area contributed by atoms with E-state index in [4.69, 9.17) is 5.73 Å². The van der Waals surface area contributed by atoms with Gasteiger partial charge in [-0.25, -0.2) is 0 Å². The van der Waals surface area contributed by atoms with Crippen molar-refractivity contribution < 1.29 is 19.1 Å². The number of carbonyl (C=O) groups is 3. The average Bonchev–Trinajstić information content (AvgIpc) is 3.02. The molecule has 1 saturated carbocycles. The van der Waals surface area contributed by atoms with Crippen LogP contribution < -0.4 is 5.73 Å². The molecule has 0 radical (unpaired) electrons. The van der Waals surface area contributed by atoms with E-state index in [0.717, 1.165) is 0 Å². The number of imide groups is 1. The molecule has 0 aromatic carbocycles. The fraction of sp³-hybridized carbons (Fsp3) is 0.700. The highest BCUT2D eigenvalue weighted by Crippen LogP contribution is 2.46. The van der Waals surface area contributed by atoms with E-state index >= 15 is 0 Å². The Morgan fingerprint density at radius 2 is 2.06 bits per heavy atom. The van der Waals surface area contributed by atoms with Crippen LogP contribution in [0, 0.1) is 11.8 Å². The van der Waals surface area contributed by atoms with Crippen molar-refractivity contribution in [2.75, 3.05) is 13.7 Å². The van der Waals surface area contributed by atoms with E-state index in [-0.39, 0.29) is 36.6 Å². The third-order valence-corrected chi connectivity index (χ3v) is 3.12. The van der Waals surface area contributed by atoms with Crippen LogP contribution in [0.25, 0.3) is 0 Å². The van der Waals surface area contributed by atoms with Crippen LogP contribution in [0.4, 0.5) is 0 Å². The second-order valence-electron chi connectivity index (χ2n) is 4.20. The highest BCUT2D eigenvalue weighted by atomic mass is 16.5. The zero-order valence-electron chi connectivity index (χ0n) is 9.01. The number of fused-ring (bicyclic) bond motifs is 1. The monoisotopic (exact) mass is 226 g/mol. The molecule has 1 aliphatic heterocycles. The Bertz CT molecular complexity index is 335. The first-order valence-corrected chi connectivity index (χ1v) is 5.25. The van der Waals surface area contributed by atoms with Gasteiger partial charge in [-0.05, 0) is 12.8 Å². The predicted octanol–water partition coefficient (Wildman–Crippen LogP) is -1.12. The van der Waals surface area contributed by atoms with Gasteiger partial charge in [-0.15, -0.1) is 0 Å². The molecule has 2 rings (SSSR count). The molecule has 0 bridgehead atoms. The van der Waals surface area contributed by atoms with Gasteiger partial charge in [0.15, 0.2) is 0 Å². The van der Waals surface area contributed by atoms with Crippen molar-refractivity contribution in [1.29, 1.82) is 0 Å². The molecule has 3 atom stereocenters. The minimum atomic E-state index is -0.775. The maximum atomic E-state index is 11.6. The number of ether oxygens (including phenoxy) is 1. The van der Waals surface area contributed by atoms with Gasteiger partial charge in [-0.1, -0.05) is 0 Å². The lowest BCUT2D eigenvalue weighted by Crippen LogP contribution is -2.39. The molecule has 1 saturated heterocycles. The Balaban J connectivity index is 1.85. The molecule has 88 valence electrons. The van der Waals surface area contributed by atoms with Crippen molar-refractivity contribution >= 4 is 17.8 Å². The summed E-state index contributed by atoms with van der Waals surface area (Å²) < 4.78 is 4.46. The Morgan fingerprint density at radius 3 is 2.56 bits per heavy atom. The second-order valence-corrected chi connectivity index (χ2v) is 4.20. The van der Waals surface area contributed by atoms with Gasteiger partial charge in [0.05, 0.1) is 18.9 Å². The minimum absolute atomic E-state index is 0.0955. The van der Waals surface area contributed by atoms with Crippen LogP contribution in [0.15, 0.2) is 0 Å². The molecule has 6 heteroatoms. The zero-order chi connectivity index (χ0) is 11.9. The molecule has 3 unspecified atom stereocenters. The fourth-order valence-corrected chi connectivity index (χ4v) is 2.01. The van der Waals surface area contributed by atoms with E-state index in [0.29, 0.717) is 6.42 Å². The smallest absolute Gasteiger partial charge is 0.322 e. The van der Waals surface area contributed by atoms with Crippen LogP contribution in [0.5, 0.6) is 0 Å². The van der Waals surface area contributed by atoms with Gasteiger partial charge in [0, 0.05) is 6.54 Å². The van der Waals surface area contributed by atoms with Crippen LogP contribution in [0.2, 0.25) is 0 Å². The molecular formula is C10H14N2O4. The van der Waals surface area contributed by atoms with Gasteiger partial charge in [0.25, 0.3) is 0 Å². The highest BCUT2D eigenvalue weighted by Gasteiger charge is 2.58. The van der Waals surface area contributed by atoms with Crippen LogP contribution in [-0.4, -0.2) is 42.4 Å². The Labute approximate surface area is 92.7 Å². The number of nitrogens with two attached hydrogens (primary N) is 1. The molecule has 1 aliphatic carbocycles. The molecule has 2 N–H and O–H groups in total. The minimum Gasteiger partial charge on any atom is -0.468 e. The summed E-state index contributed by atoms with van der Waals surface area (Å²) in [6.45, 7) is 0.209. The van der Waals surface area contributed by atoms with E-state index in [1.807, 2.05) is 0 Å². The lowest BCUT2D eigenvalue weighted by molar-refractivity contribution is -0.145. The summed E-state index contributed by atoms with van der Waals surface area (Å²) in [4.78, 5) is 35.3. The third kappa shape index (κ3) is 1.69. The maximum absolute atomic E-state index is 11.6. The number of rotatable bonds is 4. The van der Waals surface area contributed by atoms with E-state index in [2.05, 4.69) is 4.74 Å². The van der Waals surface area contributed by atoms with Crippen LogP contribution in [0.1, 0.15) is 12.8 Å². The number of methoxy groups -OCH3 is 1. The van der Waals surface area contributed by atoms with Gasteiger partial charge in [-0.2, -0.15) is 0 Å². The molecular weight excluding hydrogens is 212 g/mol. The molecule has 16 heavy (non-hydrogen) atoms. The van der Waals surface area contributed by atoms with Crippen molar-refractivity contribution in [3.8, 4) is 0 Å². The van der Waals surface area contributed by atoms with Gasteiger partial charge >= 0.3 is 5.97 Å². The lowest BCUT2D eigenvalue weighted by Gasteiger charge is -2.17. The first-order valence-electron chi connectivity index (χ1n) is 5.25. The van der Waals surface area contributed by atoms with Crippen molar-refractivity contribution in [2.45, 2.75) is 18.9 Å². The third-order valence-electron chi connectivity index (χ3n) is 3.12. The van der Waals surface area contributed by atoms with E-state index in [1.165, 1.54) is 12.0 Å². The van der Waals surface area contributed by atoms with Crippen molar-refractivity contribution in [3.63, 3.8) is 0 Å². The number of esters is 1. The maximum Gasteiger partial charge on any atom is 0.322 e. The summed E-state index contributed by atoms with van der Waals surface area (Å²) in [5.74, 6) is -0.952. The highest BCUT2D eigenvalue weighted by molar-refractivity contribution is 6.08. The summed E-state index contributed by atoms with van der Waals surface area (Å²) >= 11 is 0. The lowest BCUT2D eigenvalue weighted by atomic mass is 10.2. The van der Waals surface area contributed by atoms with Gasteiger partial charge in [0.2, 0.25) is 11.8 Å². The van der Waals surface area contributed by atoms with Gasteiger partial charge < -0.3 is 10.5 Å². The molecule has 6 nitrogen and oxygen atoms in total. The number of likely N-dealkylation sites (tertiary alicyclic amines) is 1. The number of nitrogens with zero attached hydrogens (tertiary/aromatic N) is 1. The summed E-state index contributed by atoms with van der Waals surface area (Å²) in [6, 6.07) is -0.775. The molecule has 2 fully saturated rings. The van der Waals surface area contributed by atoms with Crippen molar-refractivity contribution in [2.24, 2.45) is 17.6 Å². The van der Waals surface area contributed by atoms with Gasteiger partial charge in [0.1, 0.15) is 6.04 Å². The number of amides is 2.